The van der Waals surface area contributed by atoms with Crippen LogP contribution in [0.5, 0.6) is 0 Å². The lowest BCUT2D eigenvalue weighted by Crippen LogP contribution is -2.19. The highest BCUT2D eigenvalue weighted by Gasteiger charge is 2.06. The summed E-state index contributed by atoms with van der Waals surface area (Å²) in [6.45, 7) is 6.15. The van der Waals surface area contributed by atoms with Crippen LogP contribution in [0.25, 0.3) is 0 Å². The standard InChI is InChI=1S/C18H24N2/c1-14-9-15(2)11-18(10-14)20(4)13-17-8-6-5-7-16(17)12-19-3/h5-11,19H,12-13H2,1-4H3. The number of nitrogens with zero attached hydrogens (tertiary/aromatic N) is 1. The summed E-state index contributed by atoms with van der Waals surface area (Å²) < 4.78 is 0. The molecular weight excluding hydrogens is 244 g/mol. The monoisotopic (exact) mass is 268 g/mol. The Hall–Kier alpha value is -1.80. The molecule has 2 heteroatoms. The van der Waals surface area contributed by atoms with Crippen LogP contribution in [0.2, 0.25) is 0 Å². The van der Waals surface area contributed by atoms with Crippen molar-refractivity contribution in [3.63, 3.8) is 0 Å². The molecule has 0 spiro atoms. The van der Waals surface area contributed by atoms with Gasteiger partial charge in [-0.25, -0.2) is 0 Å². The minimum absolute atomic E-state index is 0.914. The molecule has 0 bridgehead atoms. The van der Waals surface area contributed by atoms with Gasteiger partial charge in [0.2, 0.25) is 0 Å². The number of anilines is 1. The summed E-state index contributed by atoms with van der Waals surface area (Å²) in [5, 5.41) is 3.24. The van der Waals surface area contributed by atoms with Gasteiger partial charge in [0, 0.05) is 25.8 Å². The molecule has 0 saturated carbocycles. The molecule has 0 heterocycles. The van der Waals surface area contributed by atoms with E-state index in [4.69, 9.17) is 0 Å². The zero-order valence-electron chi connectivity index (χ0n) is 12.9. The van der Waals surface area contributed by atoms with E-state index >= 15 is 0 Å². The smallest absolute Gasteiger partial charge is 0.0429 e. The predicted molar refractivity (Wildman–Crippen MR) is 87.2 cm³/mol. The van der Waals surface area contributed by atoms with E-state index in [0.717, 1.165) is 13.1 Å². The number of benzene rings is 2. The van der Waals surface area contributed by atoms with Gasteiger partial charge in [0.15, 0.2) is 0 Å². The molecule has 1 N–H and O–H groups in total. The van der Waals surface area contributed by atoms with E-state index in [0.29, 0.717) is 0 Å². The zero-order valence-corrected chi connectivity index (χ0v) is 12.9. The Balaban J connectivity index is 2.21. The lowest BCUT2D eigenvalue weighted by Gasteiger charge is -2.22. The molecule has 0 aliphatic carbocycles. The number of aryl methyl sites for hydroxylation is 2. The van der Waals surface area contributed by atoms with E-state index in [1.807, 2.05) is 7.05 Å². The lowest BCUT2D eigenvalue weighted by atomic mass is 10.1. The largest absolute Gasteiger partial charge is 0.370 e. The first-order valence-corrected chi connectivity index (χ1v) is 7.11. The molecule has 0 atom stereocenters. The van der Waals surface area contributed by atoms with Crippen LogP contribution in [0.4, 0.5) is 5.69 Å². The first-order chi connectivity index (χ1) is 9.60. The van der Waals surface area contributed by atoms with E-state index in [9.17, 15) is 0 Å². The second-order valence-electron chi connectivity index (χ2n) is 5.50. The summed E-state index contributed by atoms with van der Waals surface area (Å²) >= 11 is 0. The van der Waals surface area contributed by atoms with Gasteiger partial charge in [-0.05, 0) is 55.3 Å². The molecule has 106 valence electrons. The predicted octanol–water partition coefficient (Wildman–Crippen LogP) is 3.66. The molecule has 2 nitrogen and oxygen atoms in total. The first-order valence-electron chi connectivity index (χ1n) is 7.11. The average molecular weight is 268 g/mol. The van der Waals surface area contributed by atoms with Crippen molar-refractivity contribution in [2.24, 2.45) is 0 Å². The summed E-state index contributed by atoms with van der Waals surface area (Å²) in [4.78, 5) is 2.31. The van der Waals surface area contributed by atoms with Gasteiger partial charge in [-0.2, -0.15) is 0 Å². The van der Waals surface area contributed by atoms with Crippen molar-refractivity contribution in [2.45, 2.75) is 26.9 Å². The molecule has 20 heavy (non-hydrogen) atoms. The van der Waals surface area contributed by atoms with Crippen LogP contribution >= 0.6 is 0 Å². The Kier molecular flexibility index (Phi) is 4.80. The molecule has 2 aromatic carbocycles. The third-order valence-electron chi connectivity index (χ3n) is 3.54. The second kappa shape index (κ2) is 6.58. The summed E-state index contributed by atoms with van der Waals surface area (Å²) in [5.41, 5.74) is 6.65. The molecular formula is C18H24N2. The fourth-order valence-electron chi connectivity index (χ4n) is 2.59. The fourth-order valence-corrected chi connectivity index (χ4v) is 2.59. The van der Waals surface area contributed by atoms with Gasteiger partial charge in [-0.15, -0.1) is 0 Å². The Morgan fingerprint density at radius 3 is 2.15 bits per heavy atom. The van der Waals surface area contributed by atoms with Crippen molar-refractivity contribution < 1.29 is 0 Å². The maximum Gasteiger partial charge on any atom is 0.0429 e. The first kappa shape index (κ1) is 14.6. The summed E-state index contributed by atoms with van der Waals surface area (Å²) in [6, 6.07) is 15.3. The SMILES string of the molecule is CNCc1ccccc1CN(C)c1cc(C)cc(C)c1. The van der Waals surface area contributed by atoms with Gasteiger partial charge in [0.1, 0.15) is 0 Å². The van der Waals surface area contributed by atoms with E-state index in [1.165, 1.54) is 27.9 Å². The van der Waals surface area contributed by atoms with Gasteiger partial charge < -0.3 is 10.2 Å². The van der Waals surface area contributed by atoms with Crippen LogP contribution in [-0.2, 0) is 13.1 Å². The van der Waals surface area contributed by atoms with Crippen molar-refractivity contribution in [3.8, 4) is 0 Å². The topological polar surface area (TPSA) is 15.3 Å². The van der Waals surface area contributed by atoms with Gasteiger partial charge in [-0.3, -0.25) is 0 Å². The molecule has 0 amide bonds. The summed E-state index contributed by atoms with van der Waals surface area (Å²) in [6.07, 6.45) is 0. The van der Waals surface area contributed by atoms with E-state index in [1.54, 1.807) is 0 Å². The van der Waals surface area contributed by atoms with Crippen LogP contribution in [0.3, 0.4) is 0 Å². The third-order valence-corrected chi connectivity index (χ3v) is 3.54. The number of nitrogens with one attached hydrogen (secondary N) is 1. The van der Waals surface area contributed by atoms with Gasteiger partial charge in [0.25, 0.3) is 0 Å². The normalized spacial score (nSPS) is 10.6. The van der Waals surface area contributed by atoms with Crippen molar-refractivity contribution in [1.29, 1.82) is 0 Å². The van der Waals surface area contributed by atoms with Crippen LogP contribution in [0.1, 0.15) is 22.3 Å². The Labute approximate surface area is 122 Å². The Bertz CT molecular complexity index is 555. The second-order valence-corrected chi connectivity index (χ2v) is 5.50. The van der Waals surface area contributed by atoms with Crippen LogP contribution in [-0.4, -0.2) is 14.1 Å². The molecule has 0 aromatic heterocycles. The number of hydrogen-bond donors (Lipinski definition) is 1. The van der Waals surface area contributed by atoms with E-state index in [2.05, 4.69) is 73.6 Å². The third kappa shape index (κ3) is 3.61. The minimum Gasteiger partial charge on any atom is -0.370 e. The molecule has 2 aromatic rings. The van der Waals surface area contributed by atoms with Crippen molar-refractivity contribution in [2.75, 3.05) is 19.0 Å². The highest BCUT2D eigenvalue weighted by molar-refractivity contribution is 5.51. The highest BCUT2D eigenvalue weighted by atomic mass is 15.1. The zero-order chi connectivity index (χ0) is 14.5. The molecule has 0 saturated heterocycles. The molecule has 0 aliphatic rings. The van der Waals surface area contributed by atoms with Crippen LogP contribution in [0, 0.1) is 13.8 Å². The van der Waals surface area contributed by atoms with Crippen LogP contribution in [0.15, 0.2) is 42.5 Å². The van der Waals surface area contributed by atoms with E-state index in [-0.39, 0.29) is 0 Å². The van der Waals surface area contributed by atoms with Gasteiger partial charge in [-0.1, -0.05) is 30.3 Å². The quantitative estimate of drug-likeness (QED) is 0.890. The highest BCUT2D eigenvalue weighted by Crippen LogP contribution is 2.20. The number of hydrogen-bond acceptors (Lipinski definition) is 2. The molecule has 0 radical (unpaired) electrons. The summed E-state index contributed by atoms with van der Waals surface area (Å²) in [7, 11) is 4.15. The maximum absolute atomic E-state index is 3.24. The van der Waals surface area contributed by atoms with Crippen molar-refractivity contribution in [1.82, 2.24) is 5.32 Å². The average Bonchev–Trinajstić information content (AvgIpc) is 2.40. The maximum atomic E-state index is 3.24. The molecule has 0 fully saturated rings. The minimum atomic E-state index is 0.914. The number of rotatable bonds is 5. The Morgan fingerprint density at radius 2 is 1.55 bits per heavy atom. The molecule has 2 rings (SSSR count). The van der Waals surface area contributed by atoms with E-state index < -0.39 is 0 Å². The molecule has 0 aliphatic heterocycles. The molecule has 0 unspecified atom stereocenters. The van der Waals surface area contributed by atoms with Gasteiger partial charge in [0.05, 0.1) is 0 Å². The van der Waals surface area contributed by atoms with Crippen molar-refractivity contribution in [3.05, 3.63) is 64.7 Å². The Morgan fingerprint density at radius 1 is 0.950 bits per heavy atom. The fraction of sp³-hybridized carbons (Fsp3) is 0.333. The lowest BCUT2D eigenvalue weighted by molar-refractivity contribution is 0.795. The van der Waals surface area contributed by atoms with Crippen LogP contribution < -0.4 is 10.2 Å². The summed E-state index contributed by atoms with van der Waals surface area (Å²) in [5.74, 6) is 0. The van der Waals surface area contributed by atoms with Crippen molar-refractivity contribution >= 4 is 5.69 Å². The van der Waals surface area contributed by atoms with Gasteiger partial charge >= 0.3 is 0 Å².